The molecule has 0 atom stereocenters. The van der Waals surface area contributed by atoms with Crippen LogP contribution in [0.3, 0.4) is 0 Å². The largest absolute Gasteiger partial charge is 0.378 e. The van der Waals surface area contributed by atoms with E-state index in [2.05, 4.69) is 98.5 Å². The van der Waals surface area contributed by atoms with Crippen molar-refractivity contribution in [2.24, 2.45) is 0 Å². The van der Waals surface area contributed by atoms with Crippen LogP contribution in [0.15, 0.2) is 52.8 Å². The number of rotatable bonds is 4. The van der Waals surface area contributed by atoms with Gasteiger partial charge in [-0.3, -0.25) is 4.90 Å². The zero-order valence-corrected chi connectivity index (χ0v) is 17.8. The topological polar surface area (TPSA) is 9.72 Å². The second-order valence-electron chi connectivity index (χ2n) is 6.95. The Bertz CT molecular complexity index is 701. The summed E-state index contributed by atoms with van der Waals surface area (Å²) in [5, 5.41) is 0. The minimum atomic E-state index is 1.04. The molecule has 0 radical (unpaired) electrons. The van der Waals surface area contributed by atoms with Crippen molar-refractivity contribution < 1.29 is 0 Å². The van der Waals surface area contributed by atoms with Crippen molar-refractivity contribution in [3.05, 3.63) is 63.9 Å². The van der Waals surface area contributed by atoms with Gasteiger partial charge in [-0.05, 0) is 42.4 Å². The summed E-state index contributed by atoms with van der Waals surface area (Å²) in [4.78, 5) is 6.63. The molecule has 1 aliphatic heterocycles. The summed E-state index contributed by atoms with van der Waals surface area (Å²) in [6.07, 6.45) is 0. The second-order valence-corrected chi connectivity index (χ2v) is 9.12. The van der Waals surface area contributed by atoms with Crippen LogP contribution in [0.5, 0.6) is 0 Å². The van der Waals surface area contributed by atoms with Gasteiger partial charge in [0.15, 0.2) is 0 Å². The van der Waals surface area contributed by atoms with Crippen molar-refractivity contribution >= 4 is 40.5 Å². The van der Waals surface area contributed by atoms with Crippen molar-refractivity contribution in [2.75, 3.05) is 56.8 Å². The van der Waals surface area contributed by atoms with Crippen LogP contribution in [0.1, 0.15) is 11.1 Å². The number of hydrogen-bond acceptors (Lipinski definition) is 5. The first-order valence-electron chi connectivity index (χ1n) is 8.69. The summed E-state index contributed by atoms with van der Waals surface area (Å²) in [7, 11) is 10.5. The lowest BCUT2D eigenvalue weighted by Crippen LogP contribution is -2.20. The molecule has 1 heterocycles. The molecule has 0 saturated carbocycles. The van der Waals surface area contributed by atoms with Crippen LogP contribution >= 0.6 is 23.5 Å². The predicted molar refractivity (Wildman–Crippen MR) is 120 cm³/mol. The Morgan fingerprint density at radius 3 is 1.46 bits per heavy atom. The van der Waals surface area contributed by atoms with Crippen LogP contribution in [-0.2, 0) is 0 Å². The molecule has 26 heavy (non-hydrogen) atoms. The Morgan fingerprint density at radius 2 is 1.12 bits per heavy atom. The minimum Gasteiger partial charge on any atom is -0.378 e. The number of hydrogen-bond donors (Lipinski definition) is 0. The molecule has 0 aliphatic carbocycles. The van der Waals surface area contributed by atoms with Gasteiger partial charge in [-0.1, -0.05) is 24.3 Å². The molecule has 3 rings (SSSR count). The van der Waals surface area contributed by atoms with E-state index in [1.807, 2.05) is 23.5 Å². The van der Waals surface area contributed by atoms with E-state index in [4.69, 9.17) is 0 Å². The minimum absolute atomic E-state index is 1.04. The van der Waals surface area contributed by atoms with E-state index >= 15 is 0 Å². The summed E-state index contributed by atoms with van der Waals surface area (Å²) in [5.41, 5.74) is 6.37. The highest BCUT2D eigenvalue weighted by atomic mass is 32.2. The van der Waals surface area contributed by atoms with E-state index < -0.39 is 0 Å². The SMILES string of the molecule is CN1CSC(=C(c2ccc(N(C)C)cc2)c2ccc(N(C)C)cc2)SC1. The number of benzene rings is 2. The van der Waals surface area contributed by atoms with E-state index in [1.165, 1.54) is 32.3 Å². The number of thioether (sulfide) groups is 2. The van der Waals surface area contributed by atoms with Gasteiger partial charge < -0.3 is 9.80 Å². The second kappa shape index (κ2) is 8.42. The molecular weight excluding hydrogens is 358 g/mol. The fourth-order valence-corrected chi connectivity index (χ4v) is 5.20. The summed E-state index contributed by atoms with van der Waals surface area (Å²) in [6.45, 7) is 0. The molecule has 1 fully saturated rings. The highest BCUT2D eigenvalue weighted by molar-refractivity contribution is 8.23. The fourth-order valence-electron chi connectivity index (χ4n) is 2.82. The van der Waals surface area contributed by atoms with Crippen LogP contribution in [-0.4, -0.2) is 51.9 Å². The van der Waals surface area contributed by atoms with E-state index in [-0.39, 0.29) is 0 Å². The smallest absolute Gasteiger partial charge is 0.0511 e. The van der Waals surface area contributed by atoms with Gasteiger partial charge in [0.1, 0.15) is 0 Å². The van der Waals surface area contributed by atoms with Crippen molar-refractivity contribution in [2.45, 2.75) is 0 Å². The first-order valence-corrected chi connectivity index (χ1v) is 10.7. The summed E-state index contributed by atoms with van der Waals surface area (Å²) in [6, 6.07) is 17.8. The predicted octanol–water partition coefficient (Wildman–Crippen LogP) is 4.86. The average Bonchev–Trinajstić information content (AvgIpc) is 2.64. The van der Waals surface area contributed by atoms with Gasteiger partial charge in [0, 0.05) is 45.1 Å². The summed E-state index contributed by atoms with van der Waals surface area (Å²) >= 11 is 3.88. The number of nitrogens with zero attached hydrogens (tertiary/aromatic N) is 3. The zero-order valence-electron chi connectivity index (χ0n) is 16.2. The molecule has 2 aromatic carbocycles. The third kappa shape index (κ3) is 4.40. The molecule has 0 spiro atoms. The van der Waals surface area contributed by atoms with E-state index in [9.17, 15) is 0 Å². The molecule has 1 aliphatic rings. The highest BCUT2D eigenvalue weighted by Crippen LogP contribution is 2.43. The molecule has 3 nitrogen and oxygen atoms in total. The third-order valence-electron chi connectivity index (χ3n) is 4.38. The van der Waals surface area contributed by atoms with E-state index in [0.717, 1.165) is 11.8 Å². The molecule has 138 valence electrons. The normalized spacial score (nSPS) is 15.0. The van der Waals surface area contributed by atoms with Crippen LogP contribution in [0.25, 0.3) is 5.57 Å². The Balaban J connectivity index is 2.03. The van der Waals surface area contributed by atoms with Gasteiger partial charge in [0.25, 0.3) is 0 Å². The Hall–Kier alpha value is -1.56. The maximum Gasteiger partial charge on any atom is 0.0511 e. The lowest BCUT2D eigenvalue weighted by molar-refractivity contribution is 0.465. The van der Waals surface area contributed by atoms with Crippen LogP contribution < -0.4 is 9.80 Å². The van der Waals surface area contributed by atoms with Gasteiger partial charge in [-0.15, -0.1) is 23.5 Å². The van der Waals surface area contributed by atoms with Crippen molar-refractivity contribution in [3.8, 4) is 0 Å². The number of anilines is 2. The summed E-state index contributed by atoms with van der Waals surface area (Å²) < 4.78 is 1.42. The highest BCUT2D eigenvalue weighted by Gasteiger charge is 2.18. The van der Waals surface area contributed by atoms with Gasteiger partial charge in [0.2, 0.25) is 0 Å². The molecular formula is C21H27N3S2. The van der Waals surface area contributed by atoms with Crippen LogP contribution in [0, 0.1) is 0 Å². The zero-order chi connectivity index (χ0) is 18.7. The fraction of sp³-hybridized carbons (Fsp3) is 0.333. The Morgan fingerprint density at radius 1 is 0.731 bits per heavy atom. The van der Waals surface area contributed by atoms with Crippen LogP contribution in [0.2, 0.25) is 0 Å². The molecule has 2 aromatic rings. The monoisotopic (exact) mass is 385 g/mol. The first kappa shape index (κ1) is 19.2. The van der Waals surface area contributed by atoms with Crippen molar-refractivity contribution in [1.82, 2.24) is 4.90 Å². The molecule has 0 unspecified atom stereocenters. The van der Waals surface area contributed by atoms with Gasteiger partial charge in [-0.2, -0.15) is 0 Å². The molecule has 0 bridgehead atoms. The molecule has 0 N–H and O–H groups in total. The maximum absolute atomic E-state index is 2.35. The first-order chi connectivity index (χ1) is 12.5. The van der Waals surface area contributed by atoms with Crippen LogP contribution in [0.4, 0.5) is 11.4 Å². The third-order valence-corrected chi connectivity index (χ3v) is 7.16. The summed E-state index contributed by atoms with van der Waals surface area (Å²) in [5.74, 6) is 2.08. The Labute approximate surface area is 166 Å². The van der Waals surface area contributed by atoms with Gasteiger partial charge in [0.05, 0.1) is 16.0 Å². The maximum atomic E-state index is 2.35. The Kier molecular flexibility index (Phi) is 6.22. The lowest BCUT2D eigenvalue weighted by Gasteiger charge is -2.26. The van der Waals surface area contributed by atoms with Gasteiger partial charge in [-0.25, -0.2) is 0 Å². The molecule has 0 aromatic heterocycles. The standard InChI is InChI=1S/C21H27N3S2/c1-22(2)18-10-6-16(7-11-18)20(21-25-14-24(5)15-26-21)17-8-12-19(13-9-17)23(3)4/h6-13H,14-15H2,1-5H3. The quantitative estimate of drug-likeness (QED) is 0.741. The lowest BCUT2D eigenvalue weighted by atomic mass is 9.99. The molecule has 5 heteroatoms. The van der Waals surface area contributed by atoms with E-state index in [1.54, 1.807) is 0 Å². The molecule has 0 amide bonds. The van der Waals surface area contributed by atoms with Gasteiger partial charge >= 0.3 is 0 Å². The van der Waals surface area contributed by atoms with E-state index in [0.29, 0.717) is 0 Å². The van der Waals surface area contributed by atoms with Crippen molar-refractivity contribution in [3.63, 3.8) is 0 Å². The average molecular weight is 386 g/mol. The van der Waals surface area contributed by atoms with Crippen molar-refractivity contribution in [1.29, 1.82) is 0 Å². The molecule has 1 saturated heterocycles.